The van der Waals surface area contributed by atoms with E-state index in [1.165, 1.54) is 43.0 Å². The molecule has 1 fully saturated rings. The Labute approximate surface area is 216 Å². The minimum atomic E-state index is -0.870. The fourth-order valence-corrected chi connectivity index (χ4v) is 3.83. The molecule has 0 aliphatic carbocycles. The molecule has 1 saturated heterocycles. The Morgan fingerprint density at radius 2 is 1.69 bits per heavy atom. The van der Waals surface area contributed by atoms with Crippen molar-refractivity contribution in [3.05, 3.63) is 34.4 Å². The summed E-state index contributed by atoms with van der Waals surface area (Å²) in [7, 11) is 0. The van der Waals surface area contributed by atoms with E-state index in [0.29, 0.717) is 31.5 Å². The number of benzene rings is 1. The van der Waals surface area contributed by atoms with Gasteiger partial charge < -0.3 is 26.6 Å². The highest BCUT2D eigenvalue weighted by atomic mass is 35.5. The molecule has 0 saturated carbocycles. The number of amides is 4. The number of nitro benzene ring substituents is 1. The molecule has 0 spiro atoms. The van der Waals surface area contributed by atoms with E-state index in [0.717, 1.165) is 0 Å². The molecular formula is C23H35ClN6O6. The van der Waals surface area contributed by atoms with Crippen molar-refractivity contribution in [2.45, 2.75) is 71.1 Å². The molecule has 0 radical (unpaired) electrons. The van der Waals surface area contributed by atoms with Crippen LogP contribution in [0.3, 0.4) is 0 Å². The molecule has 1 aromatic rings. The number of likely N-dealkylation sites (tertiary alicyclic amines) is 1. The predicted molar refractivity (Wildman–Crippen MR) is 136 cm³/mol. The lowest BCUT2D eigenvalue weighted by atomic mass is 10.0. The Kier molecular flexibility index (Phi) is 11.7. The number of carbonyl (C=O) groups is 4. The second kappa shape index (κ2) is 13.7. The number of halogens is 1. The van der Waals surface area contributed by atoms with Crippen molar-refractivity contribution in [1.29, 1.82) is 0 Å². The Morgan fingerprint density at radius 1 is 1.08 bits per heavy atom. The summed E-state index contributed by atoms with van der Waals surface area (Å²) in [6, 6.07) is 2.13. The Balaban J connectivity index is 0.00000648. The van der Waals surface area contributed by atoms with Crippen LogP contribution in [0.15, 0.2) is 24.3 Å². The summed E-state index contributed by atoms with van der Waals surface area (Å²) in [6.45, 7) is 7.22. The molecule has 2 rings (SSSR count). The minimum Gasteiger partial charge on any atom is -0.343 e. The third kappa shape index (κ3) is 8.45. The number of nitrogens with two attached hydrogens (primary N) is 1. The van der Waals surface area contributed by atoms with E-state index in [4.69, 9.17) is 5.73 Å². The number of nitrogens with zero attached hydrogens (tertiary/aromatic N) is 2. The van der Waals surface area contributed by atoms with Crippen LogP contribution in [0.5, 0.6) is 0 Å². The largest absolute Gasteiger partial charge is 0.343 e. The highest BCUT2D eigenvalue weighted by Gasteiger charge is 2.38. The number of hydrogen-bond acceptors (Lipinski definition) is 7. The number of anilines is 1. The number of rotatable bonds is 10. The smallest absolute Gasteiger partial charge is 0.269 e. The van der Waals surface area contributed by atoms with Crippen LogP contribution in [0.2, 0.25) is 0 Å². The van der Waals surface area contributed by atoms with Crippen molar-refractivity contribution in [3.8, 4) is 0 Å². The molecule has 0 aromatic heterocycles. The van der Waals surface area contributed by atoms with Crippen LogP contribution in [0.4, 0.5) is 11.4 Å². The molecule has 1 aliphatic rings. The zero-order chi connectivity index (χ0) is 26.3. The molecule has 1 heterocycles. The van der Waals surface area contributed by atoms with Gasteiger partial charge in [-0.2, -0.15) is 0 Å². The fraction of sp³-hybridized carbons (Fsp3) is 0.565. The van der Waals surface area contributed by atoms with Gasteiger partial charge in [0.1, 0.15) is 18.1 Å². The van der Waals surface area contributed by atoms with Crippen molar-refractivity contribution < 1.29 is 24.1 Å². The van der Waals surface area contributed by atoms with Crippen LogP contribution in [0, 0.1) is 16.0 Å². The molecule has 200 valence electrons. The van der Waals surface area contributed by atoms with Crippen LogP contribution in [0.25, 0.3) is 0 Å². The van der Waals surface area contributed by atoms with Crippen LogP contribution in [0.1, 0.15) is 47.0 Å². The molecule has 0 unspecified atom stereocenters. The summed E-state index contributed by atoms with van der Waals surface area (Å²) in [5.41, 5.74) is 5.80. The van der Waals surface area contributed by atoms with Gasteiger partial charge in [0.05, 0.1) is 11.0 Å². The molecule has 13 heteroatoms. The maximum absolute atomic E-state index is 13.1. The monoisotopic (exact) mass is 526 g/mol. The van der Waals surface area contributed by atoms with Gasteiger partial charge in [0.25, 0.3) is 5.69 Å². The van der Waals surface area contributed by atoms with Gasteiger partial charge >= 0.3 is 0 Å². The van der Waals surface area contributed by atoms with Crippen molar-refractivity contribution >= 4 is 47.4 Å². The molecule has 36 heavy (non-hydrogen) atoms. The second-order valence-corrected chi connectivity index (χ2v) is 9.19. The van der Waals surface area contributed by atoms with Gasteiger partial charge in [-0.05, 0) is 51.2 Å². The van der Waals surface area contributed by atoms with Gasteiger partial charge in [-0.15, -0.1) is 12.4 Å². The maximum Gasteiger partial charge on any atom is 0.269 e. The summed E-state index contributed by atoms with van der Waals surface area (Å²) < 4.78 is 0. The van der Waals surface area contributed by atoms with Gasteiger partial charge in [0.15, 0.2) is 0 Å². The van der Waals surface area contributed by atoms with Crippen LogP contribution >= 0.6 is 12.4 Å². The average Bonchev–Trinajstić information content (AvgIpc) is 3.28. The number of hydrogen-bond donors (Lipinski definition) is 4. The predicted octanol–water partition coefficient (Wildman–Crippen LogP) is 1.33. The molecule has 5 N–H and O–H groups in total. The minimum absolute atomic E-state index is 0. The molecule has 4 atom stereocenters. The van der Waals surface area contributed by atoms with E-state index in [9.17, 15) is 29.3 Å². The first-order valence-corrected chi connectivity index (χ1v) is 11.6. The van der Waals surface area contributed by atoms with Gasteiger partial charge in [-0.1, -0.05) is 13.8 Å². The zero-order valence-electron chi connectivity index (χ0n) is 20.9. The molecule has 4 amide bonds. The van der Waals surface area contributed by atoms with Crippen LogP contribution < -0.4 is 21.7 Å². The second-order valence-electron chi connectivity index (χ2n) is 9.19. The Morgan fingerprint density at radius 3 is 2.22 bits per heavy atom. The molecular weight excluding hydrogens is 492 g/mol. The molecule has 1 aromatic carbocycles. The third-order valence-electron chi connectivity index (χ3n) is 5.67. The quantitative estimate of drug-likeness (QED) is 0.262. The molecule has 12 nitrogen and oxygen atoms in total. The third-order valence-corrected chi connectivity index (χ3v) is 5.67. The first-order valence-electron chi connectivity index (χ1n) is 11.6. The lowest BCUT2D eigenvalue weighted by molar-refractivity contribution is -0.384. The van der Waals surface area contributed by atoms with Gasteiger partial charge in [0.2, 0.25) is 23.6 Å². The highest BCUT2D eigenvalue weighted by Crippen LogP contribution is 2.20. The number of carbonyl (C=O) groups excluding carboxylic acids is 4. The summed E-state index contributed by atoms with van der Waals surface area (Å²) in [6.07, 6.45) is 1.40. The van der Waals surface area contributed by atoms with E-state index < -0.39 is 52.7 Å². The Hall–Kier alpha value is -3.25. The molecule has 1 aliphatic heterocycles. The maximum atomic E-state index is 13.1. The molecule has 0 bridgehead atoms. The Bertz CT molecular complexity index is 955. The van der Waals surface area contributed by atoms with E-state index >= 15 is 0 Å². The average molecular weight is 527 g/mol. The normalized spacial score (nSPS) is 17.4. The standard InChI is InChI=1S/C23H34N6O6.ClH/c1-13(2)12-18(21(31)26-16-7-9-17(10-8-16)29(34)35)27-22(32)19-6-5-11-28(19)23(33)15(4)25-20(30)14(3)24;/h7-10,13-15,18-19H,5-6,11-12,24H2,1-4H3,(H,25,30)(H,26,31)(H,27,32);1H/t14-,15-,18-,19-;/m0./s1. The first-order chi connectivity index (χ1) is 16.4. The van der Waals surface area contributed by atoms with Crippen LogP contribution in [-0.2, 0) is 19.2 Å². The summed E-state index contributed by atoms with van der Waals surface area (Å²) >= 11 is 0. The number of nitrogens with one attached hydrogen (secondary N) is 3. The highest BCUT2D eigenvalue weighted by molar-refractivity contribution is 5.99. The van der Waals surface area contributed by atoms with Gasteiger partial charge in [-0.3, -0.25) is 29.3 Å². The first kappa shape index (κ1) is 30.8. The van der Waals surface area contributed by atoms with Crippen LogP contribution in [-0.4, -0.2) is 64.2 Å². The van der Waals surface area contributed by atoms with Gasteiger partial charge in [-0.25, -0.2) is 0 Å². The summed E-state index contributed by atoms with van der Waals surface area (Å²) in [5.74, 6) is -1.70. The lowest BCUT2D eigenvalue weighted by Gasteiger charge is -2.29. The summed E-state index contributed by atoms with van der Waals surface area (Å²) in [4.78, 5) is 62.5. The van der Waals surface area contributed by atoms with E-state index in [1.54, 1.807) is 0 Å². The number of nitro groups is 1. The van der Waals surface area contributed by atoms with Crippen molar-refractivity contribution in [2.24, 2.45) is 11.7 Å². The van der Waals surface area contributed by atoms with Crippen molar-refractivity contribution in [1.82, 2.24) is 15.5 Å². The SMILES string of the molecule is CC(C)C[C@H](NC(=O)[C@@H]1CCCN1C(=O)[C@H](C)NC(=O)[C@H](C)N)C(=O)Nc1ccc([N+](=O)[O-])cc1.Cl. The summed E-state index contributed by atoms with van der Waals surface area (Å²) in [5, 5.41) is 18.8. The fourth-order valence-electron chi connectivity index (χ4n) is 3.83. The zero-order valence-corrected chi connectivity index (χ0v) is 21.7. The van der Waals surface area contributed by atoms with E-state index in [1.807, 2.05) is 13.8 Å². The lowest BCUT2D eigenvalue weighted by Crippen LogP contribution is -2.56. The van der Waals surface area contributed by atoms with Crippen molar-refractivity contribution in [3.63, 3.8) is 0 Å². The van der Waals surface area contributed by atoms with Gasteiger partial charge in [0, 0.05) is 24.4 Å². The number of non-ortho nitro benzene ring substituents is 1. The van der Waals surface area contributed by atoms with Crippen molar-refractivity contribution in [2.75, 3.05) is 11.9 Å². The topological polar surface area (TPSA) is 177 Å². The van der Waals surface area contributed by atoms with E-state index in [2.05, 4.69) is 16.0 Å². The van der Waals surface area contributed by atoms with E-state index in [-0.39, 0.29) is 24.0 Å².